The molecule has 0 bridgehead atoms. The summed E-state index contributed by atoms with van der Waals surface area (Å²) in [5.41, 5.74) is 2.34. The van der Waals surface area contributed by atoms with E-state index in [1.165, 1.54) is 0 Å². The molecule has 0 spiro atoms. The van der Waals surface area contributed by atoms with Crippen LogP contribution >= 0.6 is 11.3 Å². The van der Waals surface area contributed by atoms with Crippen molar-refractivity contribution < 1.29 is 14.3 Å². The van der Waals surface area contributed by atoms with Crippen molar-refractivity contribution in [1.29, 1.82) is 0 Å². The molecule has 134 valence electrons. The first-order chi connectivity index (χ1) is 11.9. The fourth-order valence-electron chi connectivity index (χ4n) is 2.24. The number of hydrogen-bond donors (Lipinski definition) is 1. The highest BCUT2D eigenvalue weighted by molar-refractivity contribution is 7.09. The minimum Gasteiger partial charge on any atom is -0.458 e. The molecule has 2 aromatic rings. The maximum absolute atomic E-state index is 12.4. The van der Waals surface area contributed by atoms with Gasteiger partial charge in [0.1, 0.15) is 12.6 Å². The van der Waals surface area contributed by atoms with Crippen LogP contribution in [0.5, 0.6) is 0 Å². The number of ether oxygens (including phenoxy) is 1. The number of benzene rings is 1. The molecular formula is C19H24N2O3S. The summed E-state index contributed by atoms with van der Waals surface area (Å²) in [6.07, 6.45) is 0.861. The first kappa shape index (κ1) is 19.1. The lowest BCUT2D eigenvalue weighted by Gasteiger charge is -2.20. The summed E-state index contributed by atoms with van der Waals surface area (Å²) in [6.45, 7) is 7.86. The van der Waals surface area contributed by atoms with Crippen LogP contribution in [0.25, 0.3) is 0 Å². The fraction of sp³-hybridized carbons (Fsp3) is 0.421. The van der Waals surface area contributed by atoms with Crippen molar-refractivity contribution in [2.75, 3.05) is 0 Å². The molecule has 5 nitrogen and oxygen atoms in total. The minimum absolute atomic E-state index is 0.0801. The minimum atomic E-state index is -0.696. The molecule has 0 aliphatic heterocycles. The number of thiazole rings is 1. The van der Waals surface area contributed by atoms with Crippen LogP contribution in [-0.4, -0.2) is 22.9 Å². The lowest BCUT2D eigenvalue weighted by atomic mass is 10.0. The maximum atomic E-state index is 12.4. The van der Waals surface area contributed by atoms with E-state index in [1.54, 1.807) is 23.5 Å². The lowest BCUT2D eigenvalue weighted by molar-refractivity contribution is -0.148. The van der Waals surface area contributed by atoms with Crippen LogP contribution in [0, 0.1) is 12.8 Å². The Morgan fingerprint density at radius 1 is 1.24 bits per heavy atom. The third kappa shape index (κ3) is 5.39. The molecule has 1 heterocycles. The van der Waals surface area contributed by atoms with Crippen LogP contribution in [-0.2, 0) is 22.6 Å². The van der Waals surface area contributed by atoms with Crippen LogP contribution in [0.15, 0.2) is 29.6 Å². The molecule has 1 atom stereocenters. The molecular weight excluding hydrogens is 336 g/mol. The second kappa shape index (κ2) is 8.76. The van der Waals surface area contributed by atoms with E-state index in [2.05, 4.69) is 10.3 Å². The van der Waals surface area contributed by atoms with Gasteiger partial charge in [-0.3, -0.25) is 4.79 Å². The van der Waals surface area contributed by atoms with E-state index in [0.717, 1.165) is 22.7 Å². The Hall–Kier alpha value is -2.21. The van der Waals surface area contributed by atoms with Crippen molar-refractivity contribution in [3.8, 4) is 0 Å². The number of hydrogen-bond acceptors (Lipinski definition) is 5. The molecule has 0 aliphatic rings. The summed E-state index contributed by atoms with van der Waals surface area (Å²) in [6, 6.07) is 6.53. The molecule has 0 saturated carbocycles. The number of amides is 1. The van der Waals surface area contributed by atoms with E-state index >= 15 is 0 Å². The number of carbonyl (C=O) groups is 2. The normalized spacial score (nSPS) is 12.0. The van der Waals surface area contributed by atoms with Crippen molar-refractivity contribution in [2.45, 2.75) is 46.8 Å². The highest BCUT2D eigenvalue weighted by Gasteiger charge is 2.26. The van der Waals surface area contributed by atoms with Crippen LogP contribution in [0.3, 0.4) is 0 Å². The SMILES string of the molecule is CCc1nc(COC(=O)[C@@H](NC(=O)c2ccc(C)cc2)C(C)C)cs1. The smallest absolute Gasteiger partial charge is 0.329 e. The summed E-state index contributed by atoms with van der Waals surface area (Å²) >= 11 is 1.55. The van der Waals surface area contributed by atoms with E-state index in [-0.39, 0.29) is 18.4 Å². The average molecular weight is 360 g/mol. The van der Waals surface area contributed by atoms with Crippen molar-refractivity contribution in [3.05, 3.63) is 51.5 Å². The van der Waals surface area contributed by atoms with Crippen LogP contribution < -0.4 is 5.32 Å². The van der Waals surface area contributed by atoms with Gasteiger partial charge in [-0.1, -0.05) is 38.5 Å². The quantitative estimate of drug-likeness (QED) is 0.767. The second-order valence-corrected chi connectivity index (χ2v) is 7.20. The van der Waals surface area contributed by atoms with Crippen molar-refractivity contribution in [3.63, 3.8) is 0 Å². The first-order valence-corrected chi connectivity index (χ1v) is 9.26. The fourth-order valence-corrected chi connectivity index (χ4v) is 2.97. The van der Waals surface area contributed by atoms with Gasteiger partial charge in [-0.05, 0) is 31.4 Å². The van der Waals surface area contributed by atoms with Gasteiger partial charge in [0.25, 0.3) is 5.91 Å². The summed E-state index contributed by atoms with van der Waals surface area (Å²) in [4.78, 5) is 29.1. The Kier molecular flexibility index (Phi) is 6.70. The lowest BCUT2D eigenvalue weighted by Crippen LogP contribution is -2.45. The zero-order valence-electron chi connectivity index (χ0n) is 15.0. The van der Waals surface area contributed by atoms with Gasteiger partial charge in [-0.2, -0.15) is 0 Å². The Balaban J connectivity index is 1.97. The summed E-state index contributed by atoms with van der Waals surface area (Å²) < 4.78 is 5.36. The van der Waals surface area contributed by atoms with E-state index in [1.807, 2.05) is 45.2 Å². The summed E-state index contributed by atoms with van der Waals surface area (Å²) in [7, 11) is 0. The monoisotopic (exact) mass is 360 g/mol. The molecule has 1 N–H and O–H groups in total. The van der Waals surface area contributed by atoms with Crippen LogP contribution in [0.4, 0.5) is 0 Å². The molecule has 1 amide bonds. The Morgan fingerprint density at radius 2 is 1.92 bits per heavy atom. The first-order valence-electron chi connectivity index (χ1n) is 8.38. The Labute approximate surface area is 152 Å². The Bertz CT molecular complexity index is 723. The number of nitrogens with one attached hydrogen (secondary N) is 1. The largest absolute Gasteiger partial charge is 0.458 e. The zero-order chi connectivity index (χ0) is 18.4. The number of esters is 1. The zero-order valence-corrected chi connectivity index (χ0v) is 15.9. The van der Waals surface area contributed by atoms with E-state index in [9.17, 15) is 9.59 Å². The van der Waals surface area contributed by atoms with E-state index in [4.69, 9.17) is 4.74 Å². The predicted octanol–water partition coefficient (Wildman–Crippen LogP) is 3.51. The van der Waals surface area contributed by atoms with Gasteiger partial charge in [0.15, 0.2) is 0 Å². The number of rotatable bonds is 7. The van der Waals surface area contributed by atoms with Crippen LogP contribution in [0.1, 0.15) is 47.4 Å². The predicted molar refractivity (Wildman–Crippen MR) is 98.6 cm³/mol. The number of aryl methyl sites for hydroxylation is 2. The highest BCUT2D eigenvalue weighted by Crippen LogP contribution is 2.13. The standard InChI is InChI=1S/C19H24N2O3S/c1-5-16-20-15(11-25-16)10-24-19(23)17(12(2)3)21-18(22)14-8-6-13(4)7-9-14/h6-9,11-12,17H,5,10H2,1-4H3,(H,21,22)/t17-/m0/s1. The topological polar surface area (TPSA) is 68.3 Å². The highest BCUT2D eigenvalue weighted by atomic mass is 32.1. The molecule has 2 rings (SSSR count). The van der Waals surface area contributed by atoms with Gasteiger partial charge in [0.2, 0.25) is 0 Å². The molecule has 0 radical (unpaired) electrons. The van der Waals surface area contributed by atoms with Crippen molar-refractivity contribution in [1.82, 2.24) is 10.3 Å². The third-order valence-corrected chi connectivity index (χ3v) is 4.83. The molecule has 0 saturated heterocycles. The maximum Gasteiger partial charge on any atom is 0.329 e. The average Bonchev–Trinajstić information content (AvgIpc) is 3.05. The number of nitrogens with zero attached hydrogens (tertiary/aromatic N) is 1. The number of carbonyl (C=O) groups excluding carboxylic acids is 2. The summed E-state index contributed by atoms with van der Waals surface area (Å²) in [5, 5.41) is 5.68. The molecule has 25 heavy (non-hydrogen) atoms. The third-order valence-electron chi connectivity index (χ3n) is 3.79. The van der Waals surface area contributed by atoms with Gasteiger partial charge < -0.3 is 10.1 Å². The molecule has 0 fully saturated rings. The van der Waals surface area contributed by atoms with Crippen LogP contribution in [0.2, 0.25) is 0 Å². The molecule has 1 aromatic carbocycles. The van der Waals surface area contributed by atoms with Crippen molar-refractivity contribution in [2.24, 2.45) is 5.92 Å². The molecule has 6 heteroatoms. The van der Waals surface area contributed by atoms with Crippen molar-refractivity contribution >= 4 is 23.2 Å². The van der Waals surface area contributed by atoms with Gasteiger partial charge >= 0.3 is 5.97 Å². The van der Waals surface area contributed by atoms with Gasteiger partial charge in [0.05, 0.1) is 10.7 Å². The summed E-state index contributed by atoms with van der Waals surface area (Å²) in [5.74, 6) is -0.803. The Morgan fingerprint density at radius 3 is 2.48 bits per heavy atom. The number of aromatic nitrogens is 1. The van der Waals surface area contributed by atoms with Gasteiger partial charge in [0, 0.05) is 10.9 Å². The second-order valence-electron chi connectivity index (χ2n) is 6.26. The van der Waals surface area contributed by atoms with Gasteiger partial charge in [-0.25, -0.2) is 9.78 Å². The molecule has 0 unspecified atom stereocenters. The molecule has 1 aromatic heterocycles. The molecule has 0 aliphatic carbocycles. The van der Waals surface area contributed by atoms with E-state index in [0.29, 0.717) is 5.56 Å². The van der Waals surface area contributed by atoms with E-state index < -0.39 is 12.0 Å². The van der Waals surface area contributed by atoms with Gasteiger partial charge in [-0.15, -0.1) is 11.3 Å².